The van der Waals surface area contributed by atoms with Gasteiger partial charge in [-0.15, -0.1) is 0 Å². The van der Waals surface area contributed by atoms with Crippen LogP contribution in [0.5, 0.6) is 0 Å². The Kier molecular flexibility index (Phi) is 2.95. The van der Waals surface area contributed by atoms with E-state index in [1.54, 1.807) is 12.4 Å². The second kappa shape index (κ2) is 4.56. The van der Waals surface area contributed by atoms with E-state index in [2.05, 4.69) is 30.7 Å². The van der Waals surface area contributed by atoms with Crippen LogP contribution >= 0.6 is 0 Å². The molecule has 0 aliphatic rings. The van der Waals surface area contributed by atoms with Gasteiger partial charge in [-0.05, 0) is 6.42 Å². The predicted octanol–water partition coefficient (Wildman–Crippen LogP) is 0.409. The zero-order valence-corrected chi connectivity index (χ0v) is 8.77. The molecular formula is C9H12N6O. The largest absolute Gasteiger partial charge is 0.347 e. The Morgan fingerprint density at radius 2 is 2.50 bits per heavy atom. The summed E-state index contributed by atoms with van der Waals surface area (Å²) in [6, 6.07) is -0.140. The van der Waals surface area contributed by atoms with Gasteiger partial charge in [-0.2, -0.15) is 15.4 Å². The molecule has 0 spiro atoms. The Balaban J connectivity index is 2.05. The first kappa shape index (κ1) is 10.3. The minimum Gasteiger partial charge on any atom is -0.347 e. The smallest absolute Gasteiger partial charge is 0.274 e. The molecule has 1 unspecified atom stereocenters. The van der Waals surface area contributed by atoms with Crippen LogP contribution in [0, 0.1) is 0 Å². The Hall–Kier alpha value is -2.18. The van der Waals surface area contributed by atoms with E-state index in [9.17, 15) is 4.79 Å². The molecule has 0 aliphatic heterocycles. The molecule has 3 N–H and O–H groups in total. The highest BCUT2D eigenvalue weighted by Crippen LogP contribution is 2.11. The molecule has 0 saturated heterocycles. The van der Waals surface area contributed by atoms with Gasteiger partial charge in [0.15, 0.2) is 5.69 Å². The number of imidazole rings is 1. The number of carbonyl (C=O) groups is 1. The van der Waals surface area contributed by atoms with E-state index in [0.29, 0.717) is 0 Å². The van der Waals surface area contributed by atoms with E-state index in [-0.39, 0.29) is 17.6 Å². The maximum absolute atomic E-state index is 11.7. The standard InChI is InChI=1S/C9H12N6O/c1-2-6(8-10-3-4-11-8)13-9(16)7-5-12-15-14-7/h3-6H,2H2,1H3,(H,10,11)(H,13,16)(H,12,14,15). The average Bonchev–Trinajstić information content (AvgIpc) is 2.96. The number of hydrogen-bond acceptors (Lipinski definition) is 4. The molecule has 0 radical (unpaired) electrons. The third-order valence-electron chi connectivity index (χ3n) is 2.21. The van der Waals surface area contributed by atoms with Gasteiger partial charge in [-0.1, -0.05) is 6.92 Å². The summed E-state index contributed by atoms with van der Waals surface area (Å²) >= 11 is 0. The maximum atomic E-state index is 11.7. The van der Waals surface area contributed by atoms with Gasteiger partial charge >= 0.3 is 0 Å². The van der Waals surface area contributed by atoms with Gasteiger partial charge in [0.1, 0.15) is 5.82 Å². The van der Waals surface area contributed by atoms with Crippen molar-refractivity contribution >= 4 is 5.91 Å². The molecule has 2 rings (SSSR count). The van der Waals surface area contributed by atoms with Crippen molar-refractivity contribution in [1.82, 2.24) is 30.7 Å². The molecule has 2 heterocycles. The van der Waals surface area contributed by atoms with Crippen molar-refractivity contribution in [3.8, 4) is 0 Å². The number of hydrogen-bond donors (Lipinski definition) is 3. The number of aromatic amines is 2. The second-order valence-electron chi connectivity index (χ2n) is 3.26. The van der Waals surface area contributed by atoms with Crippen molar-refractivity contribution < 1.29 is 4.79 Å². The van der Waals surface area contributed by atoms with E-state index < -0.39 is 0 Å². The van der Waals surface area contributed by atoms with Crippen LogP contribution in [-0.4, -0.2) is 31.3 Å². The summed E-state index contributed by atoms with van der Waals surface area (Å²) in [6.07, 6.45) is 5.50. The first-order valence-corrected chi connectivity index (χ1v) is 4.97. The fourth-order valence-corrected chi connectivity index (χ4v) is 1.38. The summed E-state index contributed by atoms with van der Waals surface area (Å²) in [4.78, 5) is 18.8. The molecule has 7 heteroatoms. The average molecular weight is 220 g/mol. The van der Waals surface area contributed by atoms with Crippen molar-refractivity contribution in [2.24, 2.45) is 0 Å². The summed E-state index contributed by atoms with van der Waals surface area (Å²) in [5.74, 6) is 0.469. The molecule has 1 atom stereocenters. The molecular weight excluding hydrogens is 208 g/mol. The number of nitrogens with zero attached hydrogens (tertiary/aromatic N) is 3. The van der Waals surface area contributed by atoms with Crippen molar-refractivity contribution in [2.75, 3.05) is 0 Å². The van der Waals surface area contributed by atoms with Crippen LogP contribution in [0.1, 0.15) is 35.7 Å². The Bertz CT molecular complexity index is 435. The van der Waals surface area contributed by atoms with Crippen LogP contribution < -0.4 is 5.32 Å². The molecule has 0 aliphatic carbocycles. The van der Waals surface area contributed by atoms with Gasteiger partial charge in [-0.25, -0.2) is 4.98 Å². The topological polar surface area (TPSA) is 99.3 Å². The van der Waals surface area contributed by atoms with E-state index in [1.165, 1.54) is 6.20 Å². The Morgan fingerprint density at radius 3 is 3.06 bits per heavy atom. The maximum Gasteiger partial charge on any atom is 0.274 e. The quantitative estimate of drug-likeness (QED) is 0.694. The Morgan fingerprint density at radius 1 is 1.62 bits per heavy atom. The first-order chi connectivity index (χ1) is 7.81. The molecule has 2 aromatic heterocycles. The third-order valence-corrected chi connectivity index (χ3v) is 2.21. The molecule has 1 amide bonds. The van der Waals surface area contributed by atoms with Crippen LogP contribution in [0.3, 0.4) is 0 Å². The van der Waals surface area contributed by atoms with E-state index in [4.69, 9.17) is 0 Å². The van der Waals surface area contributed by atoms with Crippen molar-refractivity contribution in [3.63, 3.8) is 0 Å². The summed E-state index contributed by atoms with van der Waals surface area (Å²) in [7, 11) is 0. The van der Waals surface area contributed by atoms with Gasteiger partial charge in [0.25, 0.3) is 5.91 Å². The van der Waals surface area contributed by atoms with Gasteiger partial charge in [0.05, 0.1) is 12.2 Å². The molecule has 0 fully saturated rings. The number of rotatable bonds is 4. The van der Waals surface area contributed by atoms with E-state index in [1.807, 2.05) is 6.92 Å². The van der Waals surface area contributed by atoms with Crippen molar-refractivity contribution in [1.29, 1.82) is 0 Å². The first-order valence-electron chi connectivity index (χ1n) is 4.97. The molecule has 7 nitrogen and oxygen atoms in total. The van der Waals surface area contributed by atoms with Crippen LogP contribution in [0.2, 0.25) is 0 Å². The lowest BCUT2D eigenvalue weighted by Gasteiger charge is -2.13. The number of nitrogens with one attached hydrogen (secondary N) is 3. The lowest BCUT2D eigenvalue weighted by molar-refractivity contribution is 0.0928. The van der Waals surface area contributed by atoms with Crippen molar-refractivity contribution in [2.45, 2.75) is 19.4 Å². The molecule has 2 aromatic rings. The minimum atomic E-state index is -0.267. The summed E-state index contributed by atoms with van der Waals surface area (Å²) in [5, 5.41) is 12.5. The molecule has 84 valence electrons. The lowest BCUT2D eigenvalue weighted by atomic mass is 10.2. The highest BCUT2D eigenvalue weighted by molar-refractivity contribution is 5.92. The number of carbonyl (C=O) groups excluding carboxylic acids is 1. The molecule has 0 bridgehead atoms. The lowest BCUT2D eigenvalue weighted by Crippen LogP contribution is -2.29. The molecule has 0 saturated carbocycles. The van der Waals surface area contributed by atoms with E-state index in [0.717, 1.165) is 12.2 Å². The summed E-state index contributed by atoms with van der Waals surface area (Å²) < 4.78 is 0. The number of amides is 1. The zero-order chi connectivity index (χ0) is 11.4. The van der Waals surface area contributed by atoms with Crippen LogP contribution in [-0.2, 0) is 0 Å². The van der Waals surface area contributed by atoms with Gasteiger partial charge in [0.2, 0.25) is 0 Å². The van der Waals surface area contributed by atoms with Crippen LogP contribution in [0.4, 0.5) is 0 Å². The van der Waals surface area contributed by atoms with Gasteiger partial charge in [-0.3, -0.25) is 4.79 Å². The highest BCUT2D eigenvalue weighted by atomic mass is 16.2. The third kappa shape index (κ3) is 2.08. The summed E-state index contributed by atoms with van der Waals surface area (Å²) in [6.45, 7) is 1.97. The van der Waals surface area contributed by atoms with Crippen molar-refractivity contribution in [3.05, 3.63) is 30.1 Å². The molecule has 16 heavy (non-hydrogen) atoms. The predicted molar refractivity (Wildman–Crippen MR) is 55.5 cm³/mol. The SMILES string of the molecule is CCC(NC(=O)c1cn[nH]n1)c1ncc[nH]1. The normalized spacial score (nSPS) is 12.3. The molecule has 0 aromatic carbocycles. The van der Waals surface area contributed by atoms with Gasteiger partial charge in [0, 0.05) is 12.4 Å². The fourth-order valence-electron chi connectivity index (χ4n) is 1.38. The number of H-pyrrole nitrogens is 2. The zero-order valence-electron chi connectivity index (χ0n) is 8.77. The van der Waals surface area contributed by atoms with E-state index >= 15 is 0 Å². The summed E-state index contributed by atoms with van der Waals surface area (Å²) in [5.41, 5.74) is 0.269. The van der Waals surface area contributed by atoms with Gasteiger partial charge < -0.3 is 10.3 Å². The minimum absolute atomic E-state index is 0.140. The monoisotopic (exact) mass is 220 g/mol. The van der Waals surface area contributed by atoms with Crippen LogP contribution in [0.15, 0.2) is 18.6 Å². The second-order valence-corrected chi connectivity index (χ2v) is 3.26. The fraction of sp³-hybridized carbons (Fsp3) is 0.333. The van der Waals surface area contributed by atoms with Crippen LogP contribution in [0.25, 0.3) is 0 Å². The highest BCUT2D eigenvalue weighted by Gasteiger charge is 2.17. The Labute approximate surface area is 91.7 Å². The number of aromatic nitrogens is 5.